The van der Waals surface area contributed by atoms with E-state index >= 15 is 0 Å². The molecule has 2 atom stereocenters. The van der Waals surface area contributed by atoms with Gasteiger partial charge in [0, 0.05) is 22.7 Å². The zero-order chi connectivity index (χ0) is 13.1. The van der Waals surface area contributed by atoms with Gasteiger partial charge >= 0.3 is 0 Å². The Morgan fingerprint density at radius 3 is 2.83 bits per heavy atom. The number of carbonyl (C=O) groups is 1. The molecular weight excluding hydrogens is 250 g/mol. The number of thiol groups is 1. The molecule has 0 aliphatic rings. The maximum atomic E-state index is 11.0. The van der Waals surface area contributed by atoms with Gasteiger partial charge in [0.1, 0.15) is 6.10 Å². The van der Waals surface area contributed by atoms with E-state index < -0.39 is 12.2 Å². The molecule has 3 N–H and O–H groups in total. The smallest absolute Gasteiger partial charge is 0.152 e. The van der Waals surface area contributed by atoms with Gasteiger partial charge in [0.15, 0.2) is 6.29 Å². The van der Waals surface area contributed by atoms with Crippen molar-refractivity contribution < 1.29 is 15.0 Å². The van der Waals surface area contributed by atoms with E-state index in [9.17, 15) is 15.0 Å². The van der Waals surface area contributed by atoms with Crippen LogP contribution in [-0.4, -0.2) is 33.3 Å². The molecule has 4 nitrogen and oxygen atoms in total. The second-order valence-electron chi connectivity index (χ2n) is 4.16. The summed E-state index contributed by atoms with van der Waals surface area (Å²) >= 11 is 4.03. The van der Waals surface area contributed by atoms with Crippen molar-refractivity contribution in [3.63, 3.8) is 0 Å². The average Bonchev–Trinajstić information content (AvgIpc) is 2.81. The quantitative estimate of drug-likeness (QED) is 0.491. The van der Waals surface area contributed by atoms with Gasteiger partial charge in [-0.05, 0) is 23.8 Å². The molecule has 0 saturated carbocycles. The molecule has 0 bridgehead atoms. The average molecular weight is 265 g/mol. The monoisotopic (exact) mass is 265 g/mol. The summed E-state index contributed by atoms with van der Waals surface area (Å²) in [6, 6.07) is 5.32. The number of aromatic nitrogens is 1. The van der Waals surface area contributed by atoms with Gasteiger partial charge in [-0.1, -0.05) is 12.1 Å². The van der Waals surface area contributed by atoms with Crippen LogP contribution < -0.4 is 0 Å². The van der Waals surface area contributed by atoms with Crippen LogP contribution in [-0.2, 0) is 0 Å². The highest BCUT2D eigenvalue weighted by atomic mass is 32.1. The van der Waals surface area contributed by atoms with E-state index in [-0.39, 0.29) is 0 Å². The molecule has 0 amide bonds. The van der Waals surface area contributed by atoms with Crippen LogP contribution in [0.1, 0.15) is 28.4 Å². The Hall–Kier alpha value is -1.30. The Morgan fingerprint density at radius 2 is 2.17 bits per heavy atom. The molecule has 0 aliphatic heterocycles. The molecule has 1 heterocycles. The van der Waals surface area contributed by atoms with Crippen molar-refractivity contribution in [1.29, 1.82) is 0 Å². The lowest BCUT2D eigenvalue weighted by Gasteiger charge is -2.18. The van der Waals surface area contributed by atoms with E-state index in [1.54, 1.807) is 18.3 Å². The first-order chi connectivity index (χ1) is 8.69. The fraction of sp³-hybridized carbons (Fsp3) is 0.308. The van der Waals surface area contributed by atoms with E-state index in [2.05, 4.69) is 17.6 Å². The van der Waals surface area contributed by atoms with Crippen molar-refractivity contribution in [2.75, 3.05) is 5.75 Å². The van der Waals surface area contributed by atoms with Crippen molar-refractivity contribution in [3.05, 3.63) is 35.5 Å². The molecule has 96 valence electrons. The Balaban J connectivity index is 2.49. The Bertz CT molecular complexity index is 552. The lowest BCUT2D eigenvalue weighted by Crippen LogP contribution is -2.19. The highest BCUT2D eigenvalue weighted by molar-refractivity contribution is 7.80. The molecule has 0 aliphatic carbocycles. The van der Waals surface area contributed by atoms with Gasteiger partial charge in [-0.2, -0.15) is 12.6 Å². The van der Waals surface area contributed by atoms with Gasteiger partial charge in [-0.25, -0.2) is 0 Å². The molecule has 5 heteroatoms. The van der Waals surface area contributed by atoms with Crippen molar-refractivity contribution in [1.82, 2.24) is 4.98 Å². The van der Waals surface area contributed by atoms with Crippen LogP contribution in [0.25, 0.3) is 10.9 Å². The number of benzene rings is 1. The number of aliphatic hydroxyl groups excluding tert-OH is 2. The third kappa shape index (κ3) is 2.29. The number of carbonyl (C=O) groups excluding carboxylic acids is 1. The third-order valence-electron chi connectivity index (χ3n) is 3.00. The maximum Gasteiger partial charge on any atom is 0.152 e. The number of nitrogens with one attached hydrogen (secondary N) is 1. The van der Waals surface area contributed by atoms with E-state index in [1.165, 1.54) is 0 Å². The predicted octanol–water partition coefficient (Wildman–Crippen LogP) is 1.69. The van der Waals surface area contributed by atoms with Crippen LogP contribution in [0.2, 0.25) is 0 Å². The first kappa shape index (κ1) is 13.1. The van der Waals surface area contributed by atoms with Crippen molar-refractivity contribution >= 4 is 29.8 Å². The van der Waals surface area contributed by atoms with E-state index in [4.69, 9.17) is 0 Å². The maximum absolute atomic E-state index is 11.0. The Morgan fingerprint density at radius 1 is 1.39 bits per heavy atom. The van der Waals surface area contributed by atoms with Crippen molar-refractivity contribution in [2.45, 2.75) is 18.6 Å². The molecule has 1 aromatic carbocycles. The van der Waals surface area contributed by atoms with Gasteiger partial charge in [0.05, 0.1) is 6.10 Å². The molecular formula is C13H15NO3S. The lowest BCUT2D eigenvalue weighted by atomic mass is 9.97. The van der Waals surface area contributed by atoms with E-state index in [0.29, 0.717) is 28.7 Å². The summed E-state index contributed by atoms with van der Waals surface area (Å²) in [4.78, 5) is 13.9. The number of hydrogen-bond donors (Lipinski definition) is 4. The number of hydrogen-bond acceptors (Lipinski definition) is 4. The highest BCUT2D eigenvalue weighted by Gasteiger charge is 2.21. The summed E-state index contributed by atoms with van der Waals surface area (Å²) in [5, 5.41) is 20.6. The number of aliphatic hydroxyl groups is 2. The summed E-state index contributed by atoms with van der Waals surface area (Å²) in [5.74, 6) is 0.488. The summed E-state index contributed by atoms with van der Waals surface area (Å²) in [6.45, 7) is 0. The SMILES string of the molecule is O=Cc1c[nH]c2cccc(C(O)C(O)CCS)c12. The van der Waals surface area contributed by atoms with Crippen LogP contribution in [0.5, 0.6) is 0 Å². The summed E-state index contributed by atoms with van der Waals surface area (Å²) in [6.07, 6.45) is 0.818. The molecule has 1 aromatic heterocycles. The van der Waals surface area contributed by atoms with Crippen LogP contribution in [0.15, 0.2) is 24.4 Å². The predicted molar refractivity (Wildman–Crippen MR) is 73.1 cm³/mol. The van der Waals surface area contributed by atoms with E-state index in [1.807, 2.05) is 6.07 Å². The number of fused-ring (bicyclic) bond motifs is 1. The number of rotatable bonds is 5. The zero-order valence-corrected chi connectivity index (χ0v) is 10.6. The van der Waals surface area contributed by atoms with Crippen LogP contribution in [0.4, 0.5) is 0 Å². The fourth-order valence-corrected chi connectivity index (χ4v) is 2.34. The number of aldehydes is 1. The topological polar surface area (TPSA) is 73.3 Å². The molecule has 0 fully saturated rings. The highest BCUT2D eigenvalue weighted by Crippen LogP contribution is 2.29. The van der Waals surface area contributed by atoms with Crippen LogP contribution in [0.3, 0.4) is 0 Å². The molecule has 0 spiro atoms. The minimum absolute atomic E-state index is 0.390. The van der Waals surface area contributed by atoms with Crippen LogP contribution in [0, 0.1) is 0 Å². The molecule has 2 unspecified atom stereocenters. The zero-order valence-electron chi connectivity index (χ0n) is 9.71. The van der Waals surface area contributed by atoms with E-state index in [0.717, 1.165) is 11.8 Å². The summed E-state index contributed by atoms with van der Waals surface area (Å²) in [7, 11) is 0. The third-order valence-corrected chi connectivity index (χ3v) is 3.26. The molecule has 18 heavy (non-hydrogen) atoms. The standard InChI is InChI=1S/C13H15NO3S/c15-7-8-6-14-10-3-1-2-9(12(8)10)13(17)11(16)4-5-18/h1-3,6-7,11,13-14,16-18H,4-5H2. The van der Waals surface area contributed by atoms with Gasteiger partial charge < -0.3 is 15.2 Å². The summed E-state index contributed by atoms with van der Waals surface area (Å²) < 4.78 is 0. The minimum atomic E-state index is -1.02. The molecule has 0 saturated heterocycles. The second kappa shape index (κ2) is 5.56. The van der Waals surface area contributed by atoms with Crippen molar-refractivity contribution in [3.8, 4) is 0 Å². The summed E-state index contributed by atoms with van der Waals surface area (Å²) in [5.41, 5.74) is 1.81. The molecule has 2 rings (SSSR count). The van der Waals surface area contributed by atoms with Gasteiger partial charge in [-0.15, -0.1) is 0 Å². The fourth-order valence-electron chi connectivity index (χ4n) is 2.08. The van der Waals surface area contributed by atoms with Crippen molar-refractivity contribution in [2.24, 2.45) is 0 Å². The molecule has 0 radical (unpaired) electrons. The van der Waals surface area contributed by atoms with Gasteiger partial charge in [0.25, 0.3) is 0 Å². The normalized spacial score (nSPS) is 14.6. The van der Waals surface area contributed by atoms with Gasteiger partial charge in [-0.3, -0.25) is 4.79 Å². The first-order valence-electron chi connectivity index (χ1n) is 5.71. The van der Waals surface area contributed by atoms with Crippen LogP contribution >= 0.6 is 12.6 Å². The van der Waals surface area contributed by atoms with Gasteiger partial charge in [0.2, 0.25) is 0 Å². The number of H-pyrrole nitrogens is 1. The first-order valence-corrected chi connectivity index (χ1v) is 6.34. The second-order valence-corrected chi connectivity index (χ2v) is 4.60. The number of aromatic amines is 1. The minimum Gasteiger partial charge on any atom is -0.390 e. The Labute approximate surface area is 110 Å². The largest absolute Gasteiger partial charge is 0.390 e. The Kier molecular flexibility index (Phi) is 4.06. The molecule has 2 aromatic rings. The lowest BCUT2D eigenvalue weighted by molar-refractivity contribution is 0.0181.